The summed E-state index contributed by atoms with van der Waals surface area (Å²) in [5.74, 6) is -1.91. The van der Waals surface area contributed by atoms with Crippen molar-refractivity contribution in [2.45, 2.75) is 19.4 Å². The van der Waals surface area contributed by atoms with Gasteiger partial charge in [-0.25, -0.2) is 8.78 Å². The van der Waals surface area contributed by atoms with Crippen molar-refractivity contribution in [2.24, 2.45) is 0 Å². The summed E-state index contributed by atoms with van der Waals surface area (Å²) in [6.07, 6.45) is 0.168. The van der Waals surface area contributed by atoms with Crippen LogP contribution in [0, 0.1) is 11.6 Å². The van der Waals surface area contributed by atoms with E-state index >= 15 is 0 Å². The van der Waals surface area contributed by atoms with Crippen molar-refractivity contribution in [3.8, 4) is 5.75 Å². The molecule has 2 rings (SSSR count). The van der Waals surface area contributed by atoms with Crippen LogP contribution in [0.4, 0.5) is 8.78 Å². The van der Waals surface area contributed by atoms with Crippen molar-refractivity contribution in [3.63, 3.8) is 0 Å². The summed E-state index contributed by atoms with van der Waals surface area (Å²) in [7, 11) is 0. The van der Waals surface area contributed by atoms with E-state index in [2.05, 4.69) is 5.32 Å². The molecule has 20 heavy (non-hydrogen) atoms. The normalized spacial score (nSPS) is 17.4. The highest BCUT2D eigenvalue weighted by Gasteiger charge is 2.22. The Bertz CT molecular complexity index is 474. The summed E-state index contributed by atoms with van der Waals surface area (Å²) in [5, 5.41) is 3.21. The molecule has 1 heterocycles. The molecule has 0 spiro atoms. The Hall–Kier alpha value is -1.69. The number of hydrogen-bond acceptors (Lipinski definition) is 3. The van der Waals surface area contributed by atoms with Gasteiger partial charge in [-0.3, -0.25) is 4.79 Å². The summed E-state index contributed by atoms with van der Waals surface area (Å²) in [5.41, 5.74) is 0. The predicted molar refractivity (Wildman–Crippen MR) is 70.5 cm³/mol. The van der Waals surface area contributed by atoms with Crippen LogP contribution in [0.25, 0.3) is 0 Å². The molecule has 1 unspecified atom stereocenters. The Labute approximate surface area is 116 Å². The Morgan fingerprint density at radius 2 is 2.10 bits per heavy atom. The van der Waals surface area contributed by atoms with Crippen LogP contribution in [0.5, 0.6) is 5.75 Å². The predicted octanol–water partition coefficient (Wildman–Crippen LogP) is 1.55. The van der Waals surface area contributed by atoms with E-state index in [1.165, 1.54) is 6.07 Å². The topological polar surface area (TPSA) is 41.6 Å². The van der Waals surface area contributed by atoms with E-state index in [4.69, 9.17) is 4.74 Å². The highest BCUT2D eigenvalue weighted by atomic mass is 19.2. The summed E-state index contributed by atoms with van der Waals surface area (Å²) >= 11 is 0. The zero-order valence-electron chi connectivity index (χ0n) is 11.4. The van der Waals surface area contributed by atoms with Gasteiger partial charge < -0.3 is 15.0 Å². The standard InChI is InChI=1S/C14H18F2N2O2/c1-10(14(19)18-7-2-5-17-6-8-18)20-11-3-4-12(15)13(16)9-11/h3-4,9-10,17H,2,5-8H2,1H3. The van der Waals surface area contributed by atoms with Crippen LogP contribution in [0.15, 0.2) is 18.2 Å². The van der Waals surface area contributed by atoms with E-state index in [1.807, 2.05) is 0 Å². The third-order valence-corrected chi connectivity index (χ3v) is 3.20. The van der Waals surface area contributed by atoms with Gasteiger partial charge in [0.05, 0.1) is 0 Å². The van der Waals surface area contributed by atoms with Gasteiger partial charge in [-0.2, -0.15) is 0 Å². The number of benzene rings is 1. The minimum absolute atomic E-state index is 0.140. The lowest BCUT2D eigenvalue weighted by molar-refractivity contribution is -0.137. The van der Waals surface area contributed by atoms with Gasteiger partial charge in [0, 0.05) is 25.7 Å². The molecule has 1 fully saturated rings. The number of amides is 1. The lowest BCUT2D eigenvalue weighted by Gasteiger charge is -2.24. The second-order valence-corrected chi connectivity index (χ2v) is 4.76. The average Bonchev–Trinajstić information content (AvgIpc) is 2.71. The molecule has 6 heteroatoms. The SMILES string of the molecule is CC(Oc1ccc(F)c(F)c1)C(=O)N1CCCNCC1. The van der Waals surface area contributed by atoms with E-state index in [-0.39, 0.29) is 11.7 Å². The molecule has 0 bridgehead atoms. The first kappa shape index (κ1) is 14.7. The van der Waals surface area contributed by atoms with Crippen LogP contribution in [0.2, 0.25) is 0 Å². The van der Waals surface area contributed by atoms with Crippen molar-refractivity contribution in [3.05, 3.63) is 29.8 Å². The lowest BCUT2D eigenvalue weighted by atomic mass is 10.3. The Kier molecular flexibility index (Phi) is 4.89. The highest BCUT2D eigenvalue weighted by molar-refractivity contribution is 5.81. The van der Waals surface area contributed by atoms with Crippen molar-refractivity contribution in [1.82, 2.24) is 10.2 Å². The molecule has 0 radical (unpaired) electrons. The molecule has 1 aliphatic rings. The van der Waals surface area contributed by atoms with E-state index in [9.17, 15) is 13.6 Å². The third-order valence-electron chi connectivity index (χ3n) is 3.20. The van der Waals surface area contributed by atoms with Crippen LogP contribution >= 0.6 is 0 Å². The monoisotopic (exact) mass is 284 g/mol. The van der Waals surface area contributed by atoms with Crippen molar-refractivity contribution < 1.29 is 18.3 Å². The van der Waals surface area contributed by atoms with Crippen LogP contribution < -0.4 is 10.1 Å². The number of rotatable bonds is 3. The summed E-state index contributed by atoms with van der Waals surface area (Å²) in [6.45, 7) is 4.56. The number of nitrogens with one attached hydrogen (secondary N) is 1. The van der Waals surface area contributed by atoms with E-state index in [0.29, 0.717) is 13.1 Å². The molecular formula is C14H18F2N2O2. The van der Waals surface area contributed by atoms with Crippen LogP contribution in [-0.4, -0.2) is 43.1 Å². The number of nitrogens with zero attached hydrogens (tertiary/aromatic N) is 1. The molecule has 1 amide bonds. The smallest absolute Gasteiger partial charge is 0.263 e. The maximum absolute atomic E-state index is 13.1. The molecule has 110 valence electrons. The Morgan fingerprint density at radius 3 is 2.85 bits per heavy atom. The van der Waals surface area contributed by atoms with Gasteiger partial charge in [0.25, 0.3) is 5.91 Å². The van der Waals surface area contributed by atoms with Crippen LogP contribution in [0.3, 0.4) is 0 Å². The van der Waals surface area contributed by atoms with Crippen LogP contribution in [0.1, 0.15) is 13.3 Å². The molecule has 1 atom stereocenters. The van der Waals surface area contributed by atoms with Crippen molar-refractivity contribution >= 4 is 5.91 Å². The lowest BCUT2D eigenvalue weighted by Crippen LogP contribution is -2.42. The number of ether oxygens (including phenoxy) is 1. The van der Waals surface area contributed by atoms with Gasteiger partial charge >= 0.3 is 0 Å². The Balaban J connectivity index is 1.97. The molecule has 0 saturated carbocycles. The van der Waals surface area contributed by atoms with Gasteiger partial charge in [-0.1, -0.05) is 0 Å². The number of carbonyl (C=O) groups is 1. The summed E-state index contributed by atoms with van der Waals surface area (Å²) in [6, 6.07) is 3.24. The van der Waals surface area contributed by atoms with Crippen molar-refractivity contribution in [2.75, 3.05) is 26.2 Å². The van der Waals surface area contributed by atoms with Gasteiger partial charge in [0.2, 0.25) is 0 Å². The van der Waals surface area contributed by atoms with Gasteiger partial charge in [0.15, 0.2) is 17.7 Å². The van der Waals surface area contributed by atoms with Gasteiger partial charge in [-0.15, -0.1) is 0 Å². The molecule has 1 N–H and O–H groups in total. The first-order chi connectivity index (χ1) is 9.58. The minimum Gasteiger partial charge on any atom is -0.481 e. The maximum Gasteiger partial charge on any atom is 0.263 e. The molecule has 1 aromatic rings. The molecular weight excluding hydrogens is 266 g/mol. The zero-order chi connectivity index (χ0) is 14.5. The fraction of sp³-hybridized carbons (Fsp3) is 0.500. The third kappa shape index (κ3) is 3.66. The molecule has 0 aliphatic carbocycles. The highest BCUT2D eigenvalue weighted by Crippen LogP contribution is 2.17. The maximum atomic E-state index is 13.1. The second kappa shape index (κ2) is 6.65. The van der Waals surface area contributed by atoms with E-state index in [1.54, 1.807) is 11.8 Å². The fourth-order valence-electron chi connectivity index (χ4n) is 2.13. The Morgan fingerprint density at radius 1 is 1.30 bits per heavy atom. The summed E-state index contributed by atoms with van der Waals surface area (Å²) in [4.78, 5) is 13.9. The molecule has 1 aliphatic heterocycles. The van der Waals surface area contributed by atoms with E-state index in [0.717, 1.165) is 31.6 Å². The summed E-state index contributed by atoms with van der Waals surface area (Å²) < 4.78 is 31.3. The van der Waals surface area contributed by atoms with Gasteiger partial charge in [-0.05, 0) is 32.0 Å². The van der Waals surface area contributed by atoms with Crippen molar-refractivity contribution in [1.29, 1.82) is 0 Å². The largest absolute Gasteiger partial charge is 0.481 e. The molecule has 4 nitrogen and oxygen atoms in total. The number of hydrogen-bond donors (Lipinski definition) is 1. The molecule has 1 aromatic carbocycles. The fourth-order valence-corrected chi connectivity index (χ4v) is 2.13. The first-order valence-electron chi connectivity index (χ1n) is 6.69. The zero-order valence-corrected chi connectivity index (χ0v) is 11.4. The first-order valence-corrected chi connectivity index (χ1v) is 6.69. The van der Waals surface area contributed by atoms with E-state index < -0.39 is 17.7 Å². The average molecular weight is 284 g/mol. The van der Waals surface area contributed by atoms with Crippen LogP contribution in [-0.2, 0) is 4.79 Å². The molecule has 0 aromatic heterocycles. The number of carbonyl (C=O) groups excluding carboxylic acids is 1. The quantitative estimate of drug-likeness (QED) is 0.915. The minimum atomic E-state index is -0.985. The van der Waals surface area contributed by atoms with Gasteiger partial charge in [0.1, 0.15) is 5.75 Å². The molecule has 1 saturated heterocycles. The number of halogens is 2. The second-order valence-electron chi connectivity index (χ2n) is 4.76.